The number of amides is 1. The molecule has 3 atom stereocenters. The molecule has 0 aliphatic heterocycles. The van der Waals surface area contributed by atoms with Crippen LogP contribution >= 0.6 is 12.4 Å². The summed E-state index contributed by atoms with van der Waals surface area (Å²) in [5.41, 5.74) is 4.75. The molecule has 0 spiro atoms. The van der Waals surface area contributed by atoms with Crippen LogP contribution in [0.15, 0.2) is 24.3 Å². The van der Waals surface area contributed by atoms with Crippen molar-refractivity contribution in [2.75, 3.05) is 20.2 Å². The molecular formula is C16H24ClF3N2O3. The molecule has 0 aliphatic rings. The molecule has 1 aromatic rings. The molecule has 0 radical (unpaired) electrons. The van der Waals surface area contributed by atoms with E-state index in [9.17, 15) is 23.1 Å². The maximum atomic E-state index is 12.8. The number of benzene rings is 1. The normalized spacial score (nSPS) is 14.9. The fraction of sp³-hybridized carbons (Fsp3) is 0.562. The van der Waals surface area contributed by atoms with E-state index in [4.69, 9.17) is 10.5 Å². The van der Waals surface area contributed by atoms with Gasteiger partial charge in [0.2, 0.25) is 5.91 Å². The number of aliphatic hydroxyl groups excluding tert-OH is 1. The van der Waals surface area contributed by atoms with Gasteiger partial charge in [0.05, 0.1) is 11.5 Å². The number of alkyl halides is 3. The molecule has 5 nitrogen and oxygen atoms in total. The van der Waals surface area contributed by atoms with Gasteiger partial charge in [-0.25, -0.2) is 0 Å². The first-order valence-electron chi connectivity index (χ1n) is 7.51. The van der Waals surface area contributed by atoms with Crippen molar-refractivity contribution in [3.05, 3.63) is 29.8 Å². The second-order valence-electron chi connectivity index (χ2n) is 5.83. The van der Waals surface area contributed by atoms with Crippen LogP contribution in [0.5, 0.6) is 5.75 Å². The van der Waals surface area contributed by atoms with Gasteiger partial charge in [0.15, 0.2) is 0 Å². The van der Waals surface area contributed by atoms with E-state index in [-0.39, 0.29) is 43.3 Å². The Morgan fingerprint density at radius 1 is 1.32 bits per heavy atom. The Kier molecular flexibility index (Phi) is 9.24. The zero-order valence-corrected chi connectivity index (χ0v) is 15.1. The zero-order chi connectivity index (χ0) is 18.5. The number of carbonyl (C=O) groups is 1. The minimum absolute atomic E-state index is 0. The summed E-state index contributed by atoms with van der Waals surface area (Å²) in [6.07, 6.45) is -5.67. The molecule has 1 aromatic carbocycles. The molecule has 1 amide bonds. The van der Waals surface area contributed by atoms with Crippen LogP contribution < -0.4 is 10.5 Å². The van der Waals surface area contributed by atoms with Crippen LogP contribution in [0, 0.1) is 5.92 Å². The van der Waals surface area contributed by atoms with Gasteiger partial charge in [-0.05, 0) is 19.1 Å². The fourth-order valence-corrected chi connectivity index (χ4v) is 2.04. The van der Waals surface area contributed by atoms with Crippen molar-refractivity contribution in [1.29, 1.82) is 0 Å². The molecule has 0 saturated heterocycles. The summed E-state index contributed by atoms with van der Waals surface area (Å²) in [6, 6.07) is 4.42. The predicted molar refractivity (Wildman–Crippen MR) is 90.6 cm³/mol. The second-order valence-corrected chi connectivity index (χ2v) is 5.83. The molecule has 0 heterocycles. The van der Waals surface area contributed by atoms with Gasteiger partial charge in [0.25, 0.3) is 0 Å². The highest BCUT2D eigenvalue weighted by atomic mass is 35.5. The van der Waals surface area contributed by atoms with E-state index in [0.717, 1.165) is 6.07 Å². The van der Waals surface area contributed by atoms with Crippen LogP contribution in [0.4, 0.5) is 13.2 Å². The lowest BCUT2D eigenvalue weighted by atomic mass is 10.0. The number of carbonyl (C=O) groups excluding carboxylic acids is 1. The monoisotopic (exact) mass is 384 g/mol. The second kappa shape index (κ2) is 9.84. The van der Waals surface area contributed by atoms with Gasteiger partial charge in [-0.15, -0.1) is 12.4 Å². The third kappa shape index (κ3) is 7.09. The first kappa shape index (κ1) is 23.5. The van der Waals surface area contributed by atoms with Crippen LogP contribution in [0.3, 0.4) is 0 Å². The first-order chi connectivity index (χ1) is 11.0. The number of halogens is 4. The third-order valence-corrected chi connectivity index (χ3v) is 3.66. The first-order valence-corrected chi connectivity index (χ1v) is 7.51. The number of rotatable bonds is 7. The Labute approximate surface area is 151 Å². The van der Waals surface area contributed by atoms with Gasteiger partial charge in [0, 0.05) is 19.6 Å². The van der Waals surface area contributed by atoms with E-state index in [1.54, 1.807) is 13.8 Å². The number of para-hydroxylation sites is 1. The minimum Gasteiger partial charge on any atom is -0.490 e. The number of nitrogens with zero attached hydrogens (tertiary/aromatic N) is 1. The Morgan fingerprint density at radius 2 is 1.88 bits per heavy atom. The molecule has 0 saturated carbocycles. The van der Waals surface area contributed by atoms with E-state index < -0.39 is 23.8 Å². The highest BCUT2D eigenvalue weighted by Gasteiger charge is 2.34. The largest absolute Gasteiger partial charge is 0.490 e. The van der Waals surface area contributed by atoms with Crippen LogP contribution in [-0.2, 0) is 11.0 Å². The number of aliphatic hydroxyl groups is 1. The highest BCUT2D eigenvalue weighted by Crippen LogP contribution is 2.35. The molecule has 0 fully saturated rings. The smallest absolute Gasteiger partial charge is 0.419 e. The Bertz CT molecular complexity index is 556. The fourth-order valence-electron chi connectivity index (χ4n) is 2.04. The maximum Gasteiger partial charge on any atom is 0.419 e. The molecule has 9 heteroatoms. The molecule has 3 unspecified atom stereocenters. The van der Waals surface area contributed by atoms with E-state index in [1.807, 2.05) is 0 Å². The number of ether oxygens (including phenoxy) is 1. The minimum atomic E-state index is -4.54. The third-order valence-electron chi connectivity index (χ3n) is 3.66. The lowest BCUT2D eigenvalue weighted by Gasteiger charge is -2.25. The van der Waals surface area contributed by atoms with Crippen molar-refractivity contribution in [3.63, 3.8) is 0 Å². The van der Waals surface area contributed by atoms with E-state index in [1.165, 1.54) is 30.1 Å². The summed E-state index contributed by atoms with van der Waals surface area (Å²) in [5.74, 6) is -1.03. The molecule has 0 aromatic heterocycles. The van der Waals surface area contributed by atoms with Crippen LogP contribution in [0.1, 0.15) is 19.4 Å². The van der Waals surface area contributed by atoms with Crippen LogP contribution in [-0.4, -0.2) is 48.3 Å². The lowest BCUT2D eigenvalue weighted by Crippen LogP contribution is -2.43. The Balaban J connectivity index is 0.00000576. The summed E-state index contributed by atoms with van der Waals surface area (Å²) in [6.45, 7) is 2.94. The standard InChI is InChI=1S/C16H23F3N2O3.ClH/c1-10(11(2)20)15(23)21(3)8-12(22)9-24-14-7-5-4-6-13(14)16(17,18)19;/h4-7,10-12,22H,8-9,20H2,1-3H3;1H. The van der Waals surface area contributed by atoms with Gasteiger partial charge in [-0.1, -0.05) is 19.1 Å². The van der Waals surface area contributed by atoms with Gasteiger partial charge >= 0.3 is 6.18 Å². The van der Waals surface area contributed by atoms with Crippen LogP contribution in [0.2, 0.25) is 0 Å². The number of hydrogen-bond acceptors (Lipinski definition) is 4. The predicted octanol–water partition coefficient (Wildman–Crippen LogP) is 2.31. The summed E-state index contributed by atoms with van der Waals surface area (Å²) in [4.78, 5) is 13.3. The van der Waals surface area contributed by atoms with Crippen molar-refractivity contribution in [3.8, 4) is 5.75 Å². The molecular weight excluding hydrogens is 361 g/mol. The van der Waals surface area contributed by atoms with Gasteiger partial charge in [-0.2, -0.15) is 13.2 Å². The summed E-state index contributed by atoms with van der Waals surface area (Å²) in [5, 5.41) is 9.91. The van der Waals surface area contributed by atoms with Crippen molar-refractivity contribution >= 4 is 18.3 Å². The van der Waals surface area contributed by atoms with Crippen molar-refractivity contribution in [2.24, 2.45) is 11.7 Å². The maximum absolute atomic E-state index is 12.8. The zero-order valence-electron chi connectivity index (χ0n) is 14.3. The number of likely N-dealkylation sites (N-methyl/N-ethyl adjacent to an activating group) is 1. The van der Waals surface area contributed by atoms with E-state index in [2.05, 4.69) is 0 Å². The molecule has 0 bridgehead atoms. The summed E-state index contributed by atoms with van der Waals surface area (Å²) >= 11 is 0. The van der Waals surface area contributed by atoms with Gasteiger partial charge in [-0.3, -0.25) is 4.79 Å². The van der Waals surface area contributed by atoms with E-state index in [0.29, 0.717) is 0 Å². The molecule has 1 rings (SSSR count). The van der Waals surface area contributed by atoms with Gasteiger partial charge in [0.1, 0.15) is 18.5 Å². The van der Waals surface area contributed by atoms with Crippen LogP contribution in [0.25, 0.3) is 0 Å². The van der Waals surface area contributed by atoms with Crippen molar-refractivity contribution < 1.29 is 27.8 Å². The number of hydrogen-bond donors (Lipinski definition) is 2. The highest BCUT2D eigenvalue weighted by molar-refractivity contribution is 5.85. The molecule has 25 heavy (non-hydrogen) atoms. The molecule has 144 valence electrons. The summed E-state index contributed by atoms with van der Waals surface area (Å²) < 4.78 is 43.6. The average molecular weight is 385 g/mol. The van der Waals surface area contributed by atoms with Crippen molar-refractivity contribution in [1.82, 2.24) is 4.90 Å². The Morgan fingerprint density at radius 3 is 2.40 bits per heavy atom. The lowest BCUT2D eigenvalue weighted by molar-refractivity contribution is -0.139. The average Bonchev–Trinajstić information content (AvgIpc) is 2.50. The molecule has 3 N–H and O–H groups in total. The quantitative estimate of drug-likeness (QED) is 0.756. The summed E-state index contributed by atoms with van der Waals surface area (Å²) in [7, 11) is 1.49. The van der Waals surface area contributed by atoms with Gasteiger partial charge < -0.3 is 20.5 Å². The molecule has 0 aliphatic carbocycles. The topological polar surface area (TPSA) is 75.8 Å². The van der Waals surface area contributed by atoms with E-state index >= 15 is 0 Å². The number of nitrogens with two attached hydrogens (primary N) is 1. The SMILES string of the molecule is CC(N)C(C)C(=O)N(C)CC(O)COc1ccccc1C(F)(F)F.Cl. The van der Waals surface area contributed by atoms with Crippen molar-refractivity contribution in [2.45, 2.75) is 32.2 Å². The Hall–Kier alpha value is -1.51.